The Kier molecular flexibility index (Phi) is 4.17. The van der Waals surface area contributed by atoms with Gasteiger partial charge in [-0.25, -0.2) is 0 Å². The zero-order chi connectivity index (χ0) is 10.4. The van der Waals surface area contributed by atoms with Crippen molar-refractivity contribution in [3.63, 3.8) is 0 Å². The molecular weight excluding hydrogens is 176 g/mol. The second kappa shape index (κ2) is 5.43. The zero-order valence-electron chi connectivity index (χ0n) is 8.69. The standard InChI is InChI=1S/C12H16O2/c1-3-11(14-12(13)4-2)10-8-6-5-7-9-10/h5-9,11H,3-4H2,1-2H3/t11-/m1/s1. The third-order valence-corrected chi connectivity index (χ3v) is 2.10. The maximum Gasteiger partial charge on any atom is 0.306 e. The highest BCUT2D eigenvalue weighted by Crippen LogP contribution is 2.20. The van der Waals surface area contributed by atoms with E-state index in [1.165, 1.54) is 0 Å². The van der Waals surface area contributed by atoms with Gasteiger partial charge in [0.2, 0.25) is 0 Å². The Bertz CT molecular complexity index is 280. The molecule has 1 aromatic rings. The lowest BCUT2D eigenvalue weighted by Crippen LogP contribution is -2.09. The molecule has 1 aromatic carbocycles. The van der Waals surface area contributed by atoms with Gasteiger partial charge in [0.1, 0.15) is 6.10 Å². The highest BCUT2D eigenvalue weighted by Gasteiger charge is 2.12. The number of esters is 1. The van der Waals surface area contributed by atoms with Gasteiger partial charge in [-0.2, -0.15) is 0 Å². The summed E-state index contributed by atoms with van der Waals surface area (Å²) in [5.41, 5.74) is 1.07. The van der Waals surface area contributed by atoms with E-state index in [0.717, 1.165) is 12.0 Å². The number of hydrogen-bond acceptors (Lipinski definition) is 2. The molecule has 0 unspecified atom stereocenters. The summed E-state index contributed by atoms with van der Waals surface area (Å²) in [6.07, 6.45) is 1.16. The number of carbonyl (C=O) groups is 1. The van der Waals surface area contributed by atoms with Crippen LogP contribution in [0.2, 0.25) is 0 Å². The van der Waals surface area contributed by atoms with Crippen LogP contribution in [0.25, 0.3) is 0 Å². The monoisotopic (exact) mass is 192 g/mol. The van der Waals surface area contributed by atoms with Crippen LogP contribution < -0.4 is 0 Å². The molecule has 0 aliphatic heterocycles. The minimum Gasteiger partial charge on any atom is -0.457 e. The van der Waals surface area contributed by atoms with Crippen LogP contribution in [0, 0.1) is 0 Å². The van der Waals surface area contributed by atoms with E-state index in [2.05, 4.69) is 0 Å². The van der Waals surface area contributed by atoms with Gasteiger partial charge >= 0.3 is 5.97 Å². The molecule has 0 spiro atoms. The summed E-state index contributed by atoms with van der Waals surface area (Å²) in [5.74, 6) is -0.138. The van der Waals surface area contributed by atoms with Gasteiger partial charge in [-0.05, 0) is 12.0 Å². The van der Waals surface area contributed by atoms with Gasteiger partial charge in [0, 0.05) is 6.42 Å². The lowest BCUT2D eigenvalue weighted by Gasteiger charge is -2.15. The first-order valence-corrected chi connectivity index (χ1v) is 5.02. The third-order valence-electron chi connectivity index (χ3n) is 2.10. The molecule has 0 bridgehead atoms. The van der Waals surface area contributed by atoms with Gasteiger partial charge < -0.3 is 4.74 Å². The maximum absolute atomic E-state index is 11.1. The molecule has 0 saturated heterocycles. The van der Waals surface area contributed by atoms with Crippen molar-refractivity contribution in [2.45, 2.75) is 32.8 Å². The fourth-order valence-corrected chi connectivity index (χ4v) is 1.30. The van der Waals surface area contributed by atoms with Crippen LogP contribution in [0.3, 0.4) is 0 Å². The van der Waals surface area contributed by atoms with Crippen LogP contribution in [-0.2, 0) is 9.53 Å². The molecular formula is C12H16O2. The molecule has 0 amide bonds. The molecule has 76 valence electrons. The molecule has 14 heavy (non-hydrogen) atoms. The lowest BCUT2D eigenvalue weighted by atomic mass is 10.1. The minimum absolute atomic E-state index is 0.0938. The number of ether oxygens (including phenoxy) is 1. The average Bonchev–Trinajstić information content (AvgIpc) is 2.26. The van der Waals surface area contributed by atoms with E-state index in [4.69, 9.17) is 4.74 Å². The van der Waals surface area contributed by atoms with E-state index in [9.17, 15) is 4.79 Å². The fourth-order valence-electron chi connectivity index (χ4n) is 1.30. The van der Waals surface area contributed by atoms with Crippen molar-refractivity contribution < 1.29 is 9.53 Å². The van der Waals surface area contributed by atoms with E-state index >= 15 is 0 Å². The molecule has 0 aromatic heterocycles. The fraction of sp³-hybridized carbons (Fsp3) is 0.417. The number of hydrogen-bond donors (Lipinski definition) is 0. The van der Waals surface area contributed by atoms with Crippen molar-refractivity contribution >= 4 is 5.97 Å². The van der Waals surface area contributed by atoms with Crippen molar-refractivity contribution in [3.05, 3.63) is 35.9 Å². The number of benzene rings is 1. The Morgan fingerprint density at radius 2 is 1.93 bits per heavy atom. The predicted molar refractivity (Wildman–Crippen MR) is 55.9 cm³/mol. The topological polar surface area (TPSA) is 26.3 Å². The maximum atomic E-state index is 11.1. The van der Waals surface area contributed by atoms with Crippen molar-refractivity contribution in [2.24, 2.45) is 0 Å². The van der Waals surface area contributed by atoms with E-state index in [1.807, 2.05) is 37.3 Å². The van der Waals surface area contributed by atoms with Crippen molar-refractivity contribution in [1.29, 1.82) is 0 Å². The van der Waals surface area contributed by atoms with Gasteiger partial charge in [-0.1, -0.05) is 44.2 Å². The number of carbonyl (C=O) groups excluding carboxylic acids is 1. The third kappa shape index (κ3) is 2.87. The molecule has 0 fully saturated rings. The molecule has 2 heteroatoms. The van der Waals surface area contributed by atoms with Crippen molar-refractivity contribution in [1.82, 2.24) is 0 Å². The summed E-state index contributed by atoms with van der Waals surface area (Å²) < 4.78 is 5.30. The van der Waals surface area contributed by atoms with Crippen LogP contribution in [0.1, 0.15) is 38.4 Å². The minimum atomic E-state index is -0.138. The number of rotatable bonds is 4. The molecule has 1 atom stereocenters. The summed E-state index contributed by atoms with van der Waals surface area (Å²) in [6, 6.07) is 9.83. The van der Waals surface area contributed by atoms with Crippen molar-refractivity contribution in [2.75, 3.05) is 0 Å². The second-order valence-electron chi connectivity index (χ2n) is 3.15. The van der Waals surface area contributed by atoms with Gasteiger partial charge in [0.25, 0.3) is 0 Å². The molecule has 0 aliphatic carbocycles. The summed E-state index contributed by atoms with van der Waals surface area (Å²) in [6.45, 7) is 3.82. The first-order valence-electron chi connectivity index (χ1n) is 5.02. The first kappa shape index (κ1) is 10.8. The van der Waals surface area contributed by atoms with E-state index in [0.29, 0.717) is 6.42 Å². The second-order valence-corrected chi connectivity index (χ2v) is 3.15. The SMILES string of the molecule is CCC(=O)O[C@H](CC)c1ccccc1. The largest absolute Gasteiger partial charge is 0.457 e. The Morgan fingerprint density at radius 1 is 1.29 bits per heavy atom. The van der Waals surface area contributed by atoms with E-state index in [-0.39, 0.29) is 12.1 Å². The van der Waals surface area contributed by atoms with Crippen LogP contribution >= 0.6 is 0 Å². The van der Waals surface area contributed by atoms with Crippen LogP contribution in [0.15, 0.2) is 30.3 Å². The smallest absolute Gasteiger partial charge is 0.306 e. The van der Waals surface area contributed by atoms with Gasteiger partial charge in [-0.3, -0.25) is 4.79 Å². The normalized spacial score (nSPS) is 12.1. The first-order chi connectivity index (χ1) is 6.77. The van der Waals surface area contributed by atoms with Gasteiger partial charge in [0.15, 0.2) is 0 Å². The summed E-state index contributed by atoms with van der Waals surface area (Å²) >= 11 is 0. The summed E-state index contributed by atoms with van der Waals surface area (Å²) in [7, 11) is 0. The Balaban J connectivity index is 2.68. The average molecular weight is 192 g/mol. The highest BCUT2D eigenvalue weighted by molar-refractivity contribution is 5.69. The van der Waals surface area contributed by atoms with Crippen LogP contribution in [0.4, 0.5) is 0 Å². The highest BCUT2D eigenvalue weighted by atomic mass is 16.5. The lowest BCUT2D eigenvalue weighted by molar-refractivity contribution is -0.149. The molecule has 0 radical (unpaired) electrons. The molecule has 0 aliphatic rings. The van der Waals surface area contributed by atoms with Crippen LogP contribution in [0.5, 0.6) is 0 Å². The Morgan fingerprint density at radius 3 is 2.43 bits per heavy atom. The Hall–Kier alpha value is -1.31. The van der Waals surface area contributed by atoms with E-state index < -0.39 is 0 Å². The van der Waals surface area contributed by atoms with Crippen molar-refractivity contribution in [3.8, 4) is 0 Å². The molecule has 0 heterocycles. The molecule has 0 N–H and O–H groups in total. The van der Waals surface area contributed by atoms with E-state index in [1.54, 1.807) is 6.92 Å². The molecule has 2 nitrogen and oxygen atoms in total. The quantitative estimate of drug-likeness (QED) is 0.685. The summed E-state index contributed by atoms with van der Waals surface area (Å²) in [5, 5.41) is 0. The zero-order valence-corrected chi connectivity index (χ0v) is 8.69. The Labute approximate surface area is 84.9 Å². The van der Waals surface area contributed by atoms with Gasteiger partial charge in [0.05, 0.1) is 0 Å². The summed E-state index contributed by atoms with van der Waals surface area (Å²) in [4.78, 5) is 11.1. The predicted octanol–water partition coefficient (Wildman–Crippen LogP) is 3.09. The molecule has 1 rings (SSSR count). The molecule has 0 saturated carbocycles. The van der Waals surface area contributed by atoms with Crippen LogP contribution in [-0.4, -0.2) is 5.97 Å². The van der Waals surface area contributed by atoms with Gasteiger partial charge in [-0.15, -0.1) is 0 Å².